The van der Waals surface area contributed by atoms with E-state index in [0.29, 0.717) is 24.5 Å². The lowest BCUT2D eigenvalue weighted by atomic mass is 10.1. The predicted molar refractivity (Wildman–Crippen MR) is 105 cm³/mol. The Kier molecular flexibility index (Phi) is 5.62. The average Bonchev–Trinajstić information content (AvgIpc) is 2.99. The van der Waals surface area contributed by atoms with Crippen molar-refractivity contribution in [3.8, 4) is 0 Å². The van der Waals surface area contributed by atoms with Crippen LogP contribution in [0.15, 0.2) is 42.5 Å². The van der Waals surface area contributed by atoms with Crippen molar-refractivity contribution in [1.82, 2.24) is 5.32 Å². The van der Waals surface area contributed by atoms with Gasteiger partial charge in [-0.2, -0.15) is 0 Å². The van der Waals surface area contributed by atoms with Gasteiger partial charge in [0.15, 0.2) is 0 Å². The standard InChI is InChI=1S/C21H23ClN2O2/c1-14-6-7-15(2)19(10-14)24-13-17(12-20(24)25)21(26)23-9-8-16-4-3-5-18(22)11-16/h3-7,10-11,17H,8-9,12-13H2,1-2H3,(H,23,26). The minimum Gasteiger partial charge on any atom is -0.355 e. The van der Waals surface area contributed by atoms with Crippen molar-refractivity contribution in [2.75, 3.05) is 18.0 Å². The second-order valence-electron chi connectivity index (χ2n) is 6.87. The Morgan fingerprint density at radius 1 is 1.23 bits per heavy atom. The number of benzene rings is 2. The van der Waals surface area contributed by atoms with Crippen LogP contribution >= 0.6 is 11.6 Å². The summed E-state index contributed by atoms with van der Waals surface area (Å²) in [5.41, 5.74) is 4.14. The van der Waals surface area contributed by atoms with E-state index in [4.69, 9.17) is 11.6 Å². The van der Waals surface area contributed by atoms with E-state index in [0.717, 1.165) is 22.4 Å². The van der Waals surface area contributed by atoms with Crippen molar-refractivity contribution in [1.29, 1.82) is 0 Å². The first-order chi connectivity index (χ1) is 12.4. The molecule has 1 aliphatic rings. The van der Waals surface area contributed by atoms with E-state index < -0.39 is 0 Å². The number of nitrogens with zero attached hydrogens (tertiary/aromatic N) is 1. The van der Waals surface area contributed by atoms with Crippen molar-refractivity contribution < 1.29 is 9.59 Å². The first kappa shape index (κ1) is 18.5. The lowest BCUT2D eigenvalue weighted by Crippen LogP contribution is -2.34. The molecule has 1 N–H and O–H groups in total. The molecule has 4 nitrogen and oxygen atoms in total. The van der Waals surface area contributed by atoms with Crippen LogP contribution in [-0.2, 0) is 16.0 Å². The molecule has 5 heteroatoms. The SMILES string of the molecule is Cc1ccc(C)c(N2CC(C(=O)NCCc3cccc(Cl)c3)CC2=O)c1. The summed E-state index contributed by atoms with van der Waals surface area (Å²) in [4.78, 5) is 26.6. The van der Waals surface area contributed by atoms with E-state index in [-0.39, 0.29) is 24.2 Å². The molecule has 0 spiro atoms. The summed E-state index contributed by atoms with van der Waals surface area (Å²) in [7, 11) is 0. The minimum atomic E-state index is -0.304. The van der Waals surface area contributed by atoms with Crippen LogP contribution in [0.2, 0.25) is 5.02 Å². The first-order valence-electron chi connectivity index (χ1n) is 8.84. The fraction of sp³-hybridized carbons (Fsp3) is 0.333. The number of amides is 2. The highest BCUT2D eigenvalue weighted by molar-refractivity contribution is 6.30. The van der Waals surface area contributed by atoms with Gasteiger partial charge in [-0.1, -0.05) is 35.9 Å². The van der Waals surface area contributed by atoms with Crippen molar-refractivity contribution in [2.45, 2.75) is 26.7 Å². The second-order valence-corrected chi connectivity index (χ2v) is 7.30. The third kappa shape index (κ3) is 4.25. The molecule has 0 bridgehead atoms. The van der Waals surface area contributed by atoms with Crippen LogP contribution in [-0.4, -0.2) is 24.9 Å². The summed E-state index contributed by atoms with van der Waals surface area (Å²) < 4.78 is 0. The highest BCUT2D eigenvalue weighted by Gasteiger charge is 2.35. The summed E-state index contributed by atoms with van der Waals surface area (Å²) in [6.07, 6.45) is 0.976. The van der Waals surface area contributed by atoms with Crippen LogP contribution in [0.4, 0.5) is 5.69 Å². The van der Waals surface area contributed by atoms with E-state index in [2.05, 4.69) is 5.32 Å². The number of halogens is 1. The Balaban J connectivity index is 1.57. The highest BCUT2D eigenvalue weighted by atomic mass is 35.5. The van der Waals surface area contributed by atoms with Crippen molar-refractivity contribution in [3.63, 3.8) is 0 Å². The van der Waals surface area contributed by atoms with Crippen LogP contribution in [0.3, 0.4) is 0 Å². The third-order valence-electron chi connectivity index (χ3n) is 4.75. The van der Waals surface area contributed by atoms with Gasteiger partial charge in [0, 0.05) is 30.2 Å². The number of carbonyl (C=O) groups excluding carboxylic acids is 2. The second kappa shape index (κ2) is 7.92. The zero-order valence-corrected chi connectivity index (χ0v) is 15.8. The number of hydrogen-bond acceptors (Lipinski definition) is 2. The molecule has 1 unspecified atom stereocenters. The molecule has 3 rings (SSSR count). The molecular formula is C21H23ClN2O2. The normalized spacial score (nSPS) is 16.8. The molecule has 26 heavy (non-hydrogen) atoms. The van der Waals surface area contributed by atoms with Crippen LogP contribution < -0.4 is 10.2 Å². The fourth-order valence-electron chi connectivity index (χ4n) is 3.29. The molecule has 1 aliphatic heterocycles. The highest BCUT2D eigenvalue weighted by Crippen LogP contribution is 2.28. The van der Waals surface area contributed by atoms with E-state index in [1.165, 1.54) is 0 Å². The molecule has 1 saturated heterocycles. The van der Waals surface area contributed by atoms with Crippen LogP contribution in [0.1, 0.15) is 23.1 Å². The number of nitrogens with one attached hydrogen (secondary N) is 1. The summed E-state index contributed by atoms with van der Waals surface area (Å²) in [6, 6.07) is 13.7. The molecule has 2 aromatic rings. The fourth-order valence-corrected chi connectivity index (χ4v) is 3.51. The monoisotopic (exact) mass is 370 g/mol. The Hall–Kier alpha value is -2.33. The van der Waals surface area contributed by atoms with Gasteiger partial charge >= 0.3 is 0 Å². The lowest BCUT2D eigenvalue weighted by Gasteiger charge is -2.19. The van der Waals surface area contributed by atoms with Gasteiger partial charge in [0.1, 0.15) is 0 Å². The molecule has 1 fully saturated rings. The first-order valence-corrected chi connectivity index (χ1v) is 9.21. The summed E-state index contributed by atoms with van der Waals surface area (Å²) in [6.45, 7) is 4.96. The van der Waals surface area contributed by atoms with Gasteiger partial charge in [0.25, 0.3) is 0 Å². The minimum absolute atomic E-state index is 0.00805. The average molecular weight is 371 g/mol. The quantitative estimate of drug-likeness (QED) is 0.873. The van der Waals surface area contributed by atoms with Gasteiger partial charge in [-0.05, 0) is 55.2 Å². The van der Waals surface area contributed by atoms with Gasteiger partial charge in [-0.25, -0.2) is 0 Å². The Bertz CT molecular complexity index is 835. The van der Waals surface area contributed by atoms with E-state index >= 15 is 0 Å². The van der Waals surface area contributed by atoms with Crippen LogP contribution in [0, 0.1) is 19.8 Å². The summed E-state index contributed by atoms with van der Waals surface area (Å²) >= 11 is 5.97. The lowest BCUT2D eigenvalue weighted by molar-refractivity contribution is -0.126. The maximum atomic E-state index is 12.5. The van der Waals surface area contributed by atoms with Crippen molar-refractivity contribution in [2.24, 2.45) is 5.92 Å². The van der Waals surface area contributed by atoms with Gasteiger partial charge in [0.05, 0.1) is 5.92 Å². The zero-order chi connectivity index (χ0) is 18.7. The topological polar surface area (TPSA) is 49.4 Å². The third-order valence-corrected chi connectivity index (χ3v) is 4.99. The number of aryl methyl sites for hydroxylation is 2. The van der Waals surface area contributed by atoms with Gasteiger partial charge in [-0.15, -0.1) is 0 Å². The number of rotatable bonds is 5. The molecule has 136 valence electrons. The molecule has 1 atom stereocenters. The van der Waals surface area contributed by atoms with Crippen LogP contribution in [0.5, 0.6) is 0 Å². The van der Waals surface area contributed by atoms with E-state index in [1.807, 2.05) is 56.3 Å². The molecule has 2 amide bonds. The van der Waals surface area contributed by atoms with Crippen LogP contribution in [0.25, 0.3) is 0 Å². The number of anilines is 1. The van der Waals surface area contributed by atoms with Gasteiger partial charge in [-0.3, -0.25) is 9.59 Å². The smallest absolute Gasteiger partial charge is 0.227 e. The van der Waals surface area contributed by atoms with Crippen molar-refractivity contribution >= 4 is 29.1 Å². The molecule has 0 radical (unpaired) electrons. The summed E-state index contributed by atoms with van der Waals surface area (Å²) in [5, 5.41) is 3.64. The molecule has 0 aliphatic carbocycles. The van der Waals surface area contributed by atoms with Crippen molar-refractivity contribution in [3.05, 3.63) is 64.2 Å². The molecule has 1 heterocycles. The molecular weight excluding hydrogens is 348 g/mol. The zero-order valence-electron chi connectivity index (χ0n) is 15.1. The van der Waals surface area contributed by atoms with E-state index in [9.17, 15) is 9.59 Å². The Morgan fingerprint density at radius 3 is 2.81 bits per heavy atom. The maximum Gasteiger partial charge on any atom is 0.227 e. The van der Waals surface area contributed by atoms with Gasteiger partial charge in [0.2, 0.25) is 11.8 Å². The largest absolute Gasteiger partial charge is 0.355 e. The Morgan fingerprint density at radius 2 is 2.04 bits per heavy atom. The molecule has 0 aromatic heterocycles. The molecule has 2 aromatic carbocycles. The number of carbonyl (C=O) groups is 2. The number of hydrogen-bond donors (Lipinski definition) is 1. The van der Waals surface area contributed by atoms with E-state index in [1.54, 1.807) is 4.90 Å². The Labute approximate surface area is 159 Å². The predicted octanol–water partition coefficient (Wildman–Crippen LogP) is 3.67. The maximum absolute atomic E-state index is 12.5. The van der Waals surface area contributed by atoms with Gasteiger partial charge < -0.3 is 10.2 Å². The summed E-state index contributed by atoms with van der Waals surface area (Å²) in [5.74, 6) is -0.358. The molecule has 0 saturated carbocycles.